The molecular formula is C8H12O3. The van der Waals surface area contributed by atoms with E-state index in [1.54, 1.807) is 0 Å². The lowest BCUT2D eigenvalue weighted by molar-refractivity contribution is -0.146. The van der Waals surface area contributed by atoms with Gasteiger partial charge in [0.1, 0.15) is 6.10 Å². The van der Waals surface area contributed by atoms with Crippen LogP contribution in [0.15, 0.2) is 0 Å². The predicted octanol–water partition coefficient (Wildman–Crippen LogP) is 0.463. The molecule has 2 rings (SSSR count). The van der Waals surface area contributed by atoms with Gasteiger partial charge in [0.25, 0.3) is 0 Å². The lowest BCUT2D eigenvalue weighted by atomic mass is 9.84. The number of carbonyl (C=O) groups is 1. The number of ether oxygens (including phenoxy) is 1. The summed E-state index contributed by atoms with van der Waals surface area (Å²) in [5, 5.41) is 9.42. The molecule has 1 aliphatic heterocycles. The minimum absolute atomic E-state index is 0.138. The smallest absolute Gasteiger partial charge is 0.306 e. The van der Waals surface area contributed by atoms with Crippen LogP contribution in [-0.4, -0.2) is 23.3 Å². The summed E-state index contributed by atoms with van der Waals surface area (Å²) in [6, 6.07) is 0. The van der Waals surface area contributed by atoms with E-state index in [-0.39, 0.29) is 12.1 Å². The lowest BCUT2D eigenvalue weighted by Crippen LogP contribution is -2.34. The standard InChI is InChI=1S/C8H12O3/c9-6-3-1-2-5-4-7(10)11-8(5)6/h5-6,8-9H,1-4H2/t5-,6?,8+/m1/s1. The van der Waals surface area contributed by atoms with Gasteiger partial charge in [-0.2, -0.15) is 0 Å². The zero-order valence-corrected chi connectivity index (χ0v) is 6.32. The molecular weight excluding hydrogens is 144 g/mol. The summed E-state index contributed by atoms with van der Waals surface area (Å²) < 4.78 is 4.99. The lowest BCUT2D eigenvalue weighted by Gasteiger charge is -2.27. The van der Waals surface area contributed by atoms with Crippen molar-refractivity contribution in [3.05, 3.63) is 0 Å². The highest BCUT2D eigenvalue weighted by Crippen LogP contribution is 2.34. The molecule has 0 radical (unpaired) electrons. The SMILES string of the molecule is O=C1C[C@H]2CCCC(O)[C@H]2O1. The number of rotatable bonds is 0. The van der Waals surface area contributed by atoms with Crippen LogP contribution in [0.25, 0.3) is 0 Å². The van der Waals surface area contributed by atoms with Crippen LogP contribution in [0.5, 0.6) is 0 Å². The normalized spacial score (nSPS) is 43.4. The Bertz CT molecular complexity index is 178. The summed E-state index contributed by atoms with van der Waals surface area (Å²) in [6.45, 7) is 0. The van der Waals surface area contributed by atoms with Gasteiger partial charge in [-0.1, -0.05) is 6.42 Å². The first-order valence-electron chi connectivity index (χ1n) is 4.15. The fraction of sp³-hybridized carbons (Fsp3) is 0.875. The summed E-state index contributed by atoms with van der Waals surface area (Å²) in [7, 11) is 0. The van der Waals surface area contributed by atoms with E-state index in [4.69, 9.17) is 4.74 Å². The first-order valence-corrected chi connectivity index (χ1v) is 4.15. The van der Waals surface area contributed by atoms with E-state index in [0.29, 0.717) is 12.3 Å². The van der Waals surface area contributed by atoms with Gasteiger partial charge in [-0.3, -0.25) is 4.79 Å². The first-order chi connectivity index (χ1) is 5.27. The van der Waals surface area contributed by atoms with Gasteiger partial charge in [0.15, 0.2) is 0 Å². The summed E-state index contributed by atoms with van der Waals surface area (Å²) >= 11 is 0. The third-order valence-electron chi connectivity index (χ3n) is 2.62. The van der Waals surface area contributed by atoms with E-state index >= 15 is 0 Å². The maximum absolute atomic E-state index is 10.8. The molecule has 3 heteroatoms. The molecule has 11 heavy (non-hydrogen) atoms. The minimum atomic E-state index is -0.403. The molecule has 0 amide bonds. The molecule has 1 saturated carbocycles. The number of carbonyl (C=O) groups excluding carboxylic acids is 1. The van der Waals surface area contributed by atoms with Gasteiger partial charge in [0, 0.05) is 5.92 Å². The molecule has 1 unspecified atom stereocenters. The van der Waals surface area contributed by atoms with Crippen molar-refractivity contribution in [2.24, 2.45) is 5.92 Å². The van der Waals surface area contributed by atoms with Crippen molar-refractivity contribution in [1.29, 1.82) is 0 Å². The molecule has 2 aliphatic rings. The molecule has 0 spiro atoms. The average molecular weight is 156 g/mol. The number of hydrogen-bond acceptors (Lipinski definition) is 3. The molecule has 1 N–H and O–H groups in total. The maximum Gasteiger partial charge on any atom is 0.306 e. The second kappa shape index (κ2) is 2.48. The van der Waals surface area contributed by atoms with Gasteiger partial charge in [-0.05, 0) is 12.8 Å². The number of aliphatic hydroxyl groups excluding tert-OH is 1. The Hall–Kier alpha value is -0.570. The van der Waals surface area contributed by atoms with Crippen LogP contribution in [-0.2, 0) is 9.53 Å². The fourth-order valence-corrected chi connectivity index (χ4v) is 2.04. The Morgan fingerprint density at radius 1 is 1.45 bits per heavy atom. The van der Waals surface area contributed by atoms with Crippen LogP contribution >= 0.6 is 0 Å². The number of esters is 1. The highest BCUT2D eigenvalue weighted by molar-refractivity contribution is 5.72. The fourth-order valence-electron chi connectivity index (χ4n) is 2.04. The van der Waals surface area contributed by atoms with E-state index in [0.717, 1.165) is 19.3 Å². The van der Waals surface area contributed by atoms with Gasteiger partial charge < -0.3 is 9.84 Å². The maximum atomic E-state index is 10.8. The average Bonchev–Trinajstić information content (AvgIpc) is 2.31. The molecule has 3 nitrogen and oxygen atoms in total. The van der Waals surface area contributed by atoms with E-state index in [1.165, 1.54) is 0 Å². The van der Waals surface area contributed by atoms with Gasteiger partial charge in [0.2, 0.25) is 0 Å². The molecule has 0 aromatic carbocycles. The van der Waals surface area contributed by atoms with Crippen molar-refractivity contribution in [1.82, 2.24) is 0 Å². The Morgan fingerprint density at radius 3 is 3.00 bits per heavy atom. The van der Waals surface area contributed by atoms with Crippen molar-refractivity contribution in [2.75, 3.05) is 0 Å². The third kappa shape index (κ3) is 1.13. The quantitative estimate of drug-likeness (QED) is 0.518. The topological polar surface area (TPSA) is 46.5 Å². The molecule has 0 bridgehead atoms. The zero-order chi connectivity index (χ0) is 7.84. The Kier molecular flexibility index (Phi) is 1.60. The molecule has 3 atom stereocenters. The molecule has 1 saturated heterocycles. The monoisotopic (exact) mass is 156 g/mol. The number of fused-ring (bicyclic) bond motifs is 1. The summed E-state index contributed by atoms with van der Waals surface area (Å²) in [5.74, 6) is 0.159. The summed E-state index contributed by atoms with van der Waals surface area (Å²) in [6.07, 6.45) is 2.78. The Balaban J connectivity index is 2.09. The van der Waals surface area contributed by atoms with E-state index in [9.17, 15) is 9.90 Å². The van der Waals surface area contributed by atoms with Crippen molar-refractivity contribution >= 4 is 5.97 Å². The van der Waals surface area contributed by atoms with Gasteiger partial charge in [-0.25, -0.2) is 0 Å². The van der Waals surface area contributed by atoms with Crippen LogP contribution in [0, 0.1) is 5.92 Å². The third-order valence-corrected chi connectivity index (χ3v) is 2.62. The van der Waals surface area contributed by atoms with Gasteiger partial charge in [0.05, 0.1) is 12.5 Å². The van der Waals surface area contributed by atoms with Crippen LogP contribution in [0.4, 0.5) is 0 Å². The van der Waals surface area contributed by atoms with E-state index < -0.39 is 6.10 Å². The summed E-state index contributed by atoms with van der Waals surface area (Å²) in [4.78, 5) is 10.8. The van der Waals surface area contributed by atoms with Crippen molar-refractivity contribution in [2.45, 2.75) is 37.9 Å². The van der Waals surface area contributed by atoms with Crippen molar-refractivity contribution < 1.29 is 14.6 Å². The van der Waals surface area contributed by atoms with E-state index in [1.807, 2.05) is 0 Å². The molecule has 0 aromatic rings. The largest absolute Gasteiger partial charge is 0.459 e. The Morgan fingerprint density at radius 2 is 2.27 bits per heavy atom. The molecule has 0 aromatic heterocycles. The van der Waals surface area contributed by atoms with E-state index in [2.05, 4.69) is 0 Å². The molecule has 62 valence electrons. The molecule has 1 heterocycles. The first kappa shape index (κ1) is 7.10. The van der Waals surface area contributed by atoms with Crippen molar-refractivity contribution in [3.8, 4) is 0 Å². The Labute approximate surface area is 65.4 Å². The van der Waals surface area contributed by atoms with Crippen molar-refractivity contribution in [3.63, 3.8) is 0 Å². The minimum Gasteiger partial charge on any atom is -0.459 e. The number of aliphatic hydroxyl groups is 1. The van der Waals surface area contributed by atoms with Gasteiger partial charge >= 0.3 is 5.97 Å². The zero-order valence-electron chi connectivity index (χ0n) is 6.32. The van der Waals surface area contributed by atoms with Crippen LogP contribution < -0.4 is 0 Å². The predicted molar refractivity (Wildman–Crippen MR) is 37.8 cm³/mol. The highest BCUT2D eigenvalue weighted by Gasteiger charge is 2.41. The van der Waals surface area contributed by atoms with Crippen LogP contribution in [0.2, 0.25) is 0 Å². The highest BCUT2D eigenvalue weighted by atomic mass is 16.6. The van der Waals surface area contributed by atoms with Crippen LogP contribution in [0.1, 0.15) is 25.7 Å². The second-order valence-electron chi connectivity index (χ2n) is 3.42. The van der Waals surface area contributed by atoms with Gasteiger partial charge in [-0.15, -0.1) is 0 Å². The number of hydrogen-bond donors (Lipinski definition) is 1. The van der Waals surface area contributed by atoms with Crippen LogP contribution in [0.3, 0.4) is 0 Å². The molecule has 2 fully saturated rings. The summed E-state index contributed by atoms with van der Waals surface area (Å²) in [5.41, 5.74) is 0. The second-order valence-corrected chi connectivity index (χ2v) is 3.42. The molecule has 1 aliphatic carbocycles.